The van der Waals surface area contributed by atoms with E-state index in [0.717, 1.165) is 0 Å². The summed E-state index contributed by atoms with van der Waals surface area (Å²) in [5.74, 6) is 1.31. The van der Waals surface area contributed by atoms with Gasteiger partial charge in [-0.3, -0.25) is 4.84 Å². The summed E-state index contributed by atoms with van der Waals surface area (Å²) in [6.45, 7) is 13.5. The van der Waals surface area contributed by atoms with E-state index in [1.165, 1.54) is 6.42 Å². The minimum atomic E-state index is 0.421. The summed E-state index contributed by atoms with van der Waals surface area (Å²) in [5, 5.41) is 2.20. The smallest absolute Gasteiger partial charge is 0.0832 e. The minimum Gasteiger partial charge on any atom is -0.295 e. The fourth-order valence-corrected chi connectivity index (χ4v) is 2.08. The molecule has 1 fully saturated rings. The molecular formula is C12H25NO. The highest BCUT2D eigenvalue weighted by Gasteiger charge is 2.37. The number of rotatable bonds is 3. The zero-order valence-corrected chi connectivity index (χ0v) is 10.4. The van der Waals surface area contributed by atoms with Crippen LogP contribution in [-0.2, 0) is 4.84 Å². The molecule has 0 radical (unpaired) electrons. The first kappa shape index (κ1) is 12.0. The van der Waals surface area contributed by atoms with Crippen molar-refractivity contribution in [3.63, 3.8) is 0 Å². The number of nitrogens with zero attached hydrogens (tertiary/aromatic N) is 1. The lowest BCUT2D eigenvalue weighted by molar-refractivity contribution is -0.195. The Morgan fingerprint density at radius 2 is 1.57 bits per heavy atom. The summed E-state index contributed by atoms with van der Waals surface area (Å²) < 4.78 is 0. The molecule has 0 spiro atoms. The first-order valence-corrected chi connectivity index (χ1v) is 5.88. The molecule has 1 saturated heterocycles. The lowest BCUT2D eigenvalue weighted by atomic mass is 9.94. The summed E-state index contributed by atoms with van der Waals surface area (Å²) in [5.41, 5.74) is 0. The summed E-state index contributed by atoms with van der Waals surface area (Å²) in [6, 6.07) is 1.09. The zero-order chi connectivity index (χ0) is 10.9. The third-order valence-corrected chi connectivity index (χ3v) is 3.08. The van der Waals surface area contributed by atoms with Crippen LogP contribution in [0.25, 0.3) is 0 Å². The van der Waals surface area contributed by atoms with Gasteiger partial charge >= 0.3 is 0 Å². The largest absolute Gasteiger partial charge is 0.295 e. The van der Waals surface area contributed by atoms with Crippen molar-refractivity contribution >= 4 is 0 Å². The van der Waals surface area contributed by atoms with E-state index in [4.69, 9.17) is 4.84 Å². The first-order chi connectivity index (χ1) is 6.43. The molecule has 0 amide bonds. The molecule has 0 N–H and O–H groups in total. The van der Waals surface area contributed by atoms with E-state index in [2.05, 4.69) is 46.6 Å². The van der Waals surface area contributed by atoms with Gasteiger partial charge in [0.05, 0.1) is 6.10 Å². The zero-order valence-electron chi connectivity index (χ0n) is 10.4. The van der Waals surface area contributed by atoms with Crippen LogP contribution >= 0.6 is 0 Å². The third kappa shape index (κ3) is 2.48. The average Bonchev–Trinajstić information content (AvgIpc) is 2.47. The van der Waals surface area contributed by atoms with E-state index in [-0.39, 0.29) is 0 Å². The molecule has 2 unspecified atom stereocenters. The molecule has 0 aliphatic carbocycles. The van der Waals surface area contributed by atoms with Crippen LogP contribution in [0, 0.1) is 11.8 Å². The van der Waals surface area contributed by atoms with Gasteiger partial charge in [-0.15, -0.1) is 0 Å². The van der Waals surface area contributed by atoms with Crippen molar-refractivity contribution in [2.45, 2.75) is 66.2 Å². The van der Waals surface area contributed by atoms with Crippen LogP contribution in [-0.4, -0.2) is 23.3 Å². The van der Waals surface area contributed by atoms with E-state index < -0.39 is 0 Å². The first-order valence-electron chi connectivity index (χ1n) is 5.88. The Hall–Kier alpha value is -0.0800. The molecule has 0 bridgehead atoms. The molecule has 1 aliphatic rings. The van der Waals surface area contributed by atoms with Crippen molar-refractivity contribution in [2.24, 2.45) is 11.8 Å². The summed E-state index contributed by atoms with van der Waals surface area (Å²) in [7, 11) is 0. The summed E-state index contributed by atoms with van der Waals surface area (Å²) >= 11 is 0. The number of hydroxylamine groups is 2. The molecule has 2 heteroatoms. The van der Waals surface area contributed by atoms with Gasteiger partial charge in [0.2, 0.25) is 0 Å². The van der Waals surface area contributed by atoms with Crippen LogP contribution in [0.4, 0.5) is 0 Å². The lowest BCUT2D eigenvalue weighted by Crippen LogP contribution is -2.37. The molecule has 14 heavy (non-hydrogen) atoms. The second-order valence-electron chi connectivity index (χ2n) is 5.39. The molecule has 2 nitrogen and oxygen atoms in total. The second-order valence-corrected chi connectivity index (χ2v) is 5.39. The summed E-state index contributed by atoms with van der Waals surface area (Å²) in [6.07, 6.45) is 1.61. The van der Waals surface area contributed by atoms with E-state index in [0.29, 0.717) is 30.0 Å². The maximum absolute atomic E-state index is 5.99. The molecule has 0 aromatic carbocycles. The Balaban J connectivity index is 2.65. The van der Waals surface area contributed by atoms with E-state index in [1.54, 1.807) is 0 Å². The standard InChI is InChI=1S/C12H25NO/c1-8(2)11-7-12(9(3)4)14-13(11)10(5)6/h8-12H,7H2,1-6H3. The highest BCUT2D eigenvalue weighted by atomic mass is 16.7. The monoisotopic (exact) mass is 199 g/mol. The Morgan fingerprint density at radius 3 is 1.86 bits per heavy atom. The van der Waals surface area contributed by atoms with Crippen molar-refractivity contribution in [2.75, 3.05) is 0 Å². The predicted octanol–water partition coefficient (Wildman–Crippen LogP) is 3.08. The fraction of sp³-hybridized carbons (Fsp3) is 1.00. The van der Waals surface area contributed by atoms with E-state index in [9.17, 15) is 0 Å². The highest BCUT2D eigenvalue weighted by molar-refractivity contribution is 4.83. The lowest BCUT2D eigenvalue weighted by Gasteiger charge is -2.28. The SMILES string of the molecule is CC(C)C1CC(C(C)C)N(C(C)C)O1. The Bertz CT molecular complexity index is 161. The quantitative estimate of drug-likeness (QED) is 0.692. The van der Waals surface area contributed by atoms with Crippen LogP contribution in [0.2, 0.25) is 0 Å². The van der Waals surface area contributed by atoms with Crippen molar-refractivity contribution in [1.29, 1.82) is 0 Å². The Kier molecular flexibility index (Phi) is 3.96. The van der Waals surface area contributed by atoms with Gasteiger partial charge in [0.1, 0.15) is 0 Å². The van der Waals surface area contributed by atoms with Gasteiger partial charge in [0, 0.05) is 12.1 Å². The van der Waals surface area contributed by atoms with Crippen LogP contribution in [0.15, 0.2) is 0 Å². The summed E-state index contributed by atoms with van der Waals surface area (Å²) in [4.78, 5) is 5.99. The third-order valence-electron chi connectivity index (χ3n) is 3.08. The van der Waals surface area contributed by atoms with Crippen LogP contribution in [0.1, 0.15) is 48.0 Å². The van der Waals surface area contributed by atoms with Crippen molar-refractivity contribution in [3.05, 3.63) is 0 Å². The Morgan fingerprint density at radius 1 is 1.00 bits per heavy atom. The van der Waals surface area contributed by atoms with Gasteiger partial charge in [-0.25, -0.2) is 0 Å². The van der Waals surface area contributed by atoms with Crippen molar-refractivity contribution < 1.29 is 4.84 Å². The second kappa shape index (κ2) is 4.63. The van der Waals surface area contributed by atoms with Gasteiger partial charge < -0.3 is 0 Å². The average molecular weight is 199 g/mol. The minimum absolute atomic E-state index is 0.421. The topological polar surface area (TPSA) is 12.5 Å². The molecule has 84 valence electrons. The number of hydrogen-bond donors (Lipinski definition) is 0. The van der Waals surface area contributed by atoms with Gasteiger partial charge in [0.15, 0.2) is 0 Å². The molecule has 0 saturated carbocycles. The molecular weight excluding hydrogens is 174 g/mol. The maximum Gasteiger partial charge on any atom is 0.0832 e. The molecule has 1 rings (SSSR count). The van der Waals surface area contributed by atoms with Gasteiger partial charge in [0.25, 0.3) is 0 Å². The van der Waals surface area contributed by atoms with Crippen LogP contribution in [0.5, 0.6) is 0 Å². The molecule has 1 aliphatic heterocycles. The van der Waals surface area contributed by atoms with Crippen molar-refractivity contribution in [1.82, 2.24) is 5.06 Å². The van der Waals surface area contributed by atoms with Crippen molar-refractivity contribution in [3.8, 4) is 0 Å². The van der Waals surface area contributed by atoms with E-state index in [1.807, 2.05) is 0 Å². The van der Waals surface area contributed by atoms with Gasteiger partial charge in [-0.2, -0.15) is 5.06 Å². The fourth-order valence-electron chi connectivity index (χ4n) is 2.08. The normalized spacial score (nSPS) is 29.8. The van der Waals surface area contributed by atoms with Crippen LogP contribution < -0.4 is 0 Å². The van der Waals surface area contributed by atoms with Gasteiger partial charge in [-0.1, -0.05) is 27.7 Å². The Labute approximate surface area is 88.6 Å². The predicted molar refractivity (Wildman–Crippen MR) is 59.9 cm³/mol. The van der Waals surface area contributed by atoms with Gasteiger partial charge in [-0.05, 0) is 32.1 Å². The molecule has 2 atom stereocenters. The molecule has 1 heterocycles. The highest BCUT2D eigenvalue weighted by Crippen LogP contribution is 2.31. The molecule has 0 aromatic rings. The maximum atomic E-state index is 5.99. The van der Waals surface area contributed by atoms with Crippen LogP contribution in [0.3, 0.4) is 0 Å². The van der Waals surface area contributed by atoms with E-state index >= 15 is 0 Å². The number of hydrogen-bond acceptors (Lipinski definition) is 2. The molecule has 0 aromatic heterocycles.